The maximum Gasteiger partial charge on any atom is 0.264 e. The predicted octanol–water partition coefficient (Wildman–Crippen LogP) is 19.2. The van der Waals surface area contributed by atoms with Crippen LogP contribution in [0.3, 0.4) is 0 Å². The van der Waals surface area contributed by atoms with Gasteiger partial charge in [0.1, 0.15) is 0 Å². The van der Waals surface area contributed by atoms with E-state index in [9.17, 15) is 0 Å². The Bertz CT molecular complexity index is 4040. The lowest BCUT2D eigenvalue weighted by Gasteiger charge is -2.43. The van der Waals surface area contributed by atoms with Crippen molar-refractivity contribution in [3.8, 4) is 0 Å². The molecule has 0 saturated carbocycles. The molecule has 0 fully saturated rings. The Hall–Kier alpha value is -7.12. The van der Waals surface area contributed by atoms with Crippen LogP contribution in [0.2, 0.25) is 0 Å². The molecule has 0 radical (unpaired) electrons. The van der Waals surface area contributed by atoms with Crippen LogP contribution in [0.5, 0.6) is 0 Å². The summed E-state index contributed by atoms with van der Waals surface area (Å²) in [5.74, 6) is 0. The van der Waals surface area contributed by atoms with Crippen LogP contribution in [0.25, 0.3) is 41.0 Å². The van der Waals surface area contributed by atoms with Gasteiger partial charge in [0.15, 0.2) is 0 Å². The first kappa shape index (κ1) is 48.5. The summed E-state index contributed by atoms with van der Waals surface area (Å²) in [5.41, 5.74) is 18.7. The number of benzene rings is 9. The van der Waals surface area contributed by atoms with Gasteiger partial charge in [-0.15, -0.1) is 22.7 Å². The van der Waals surface area contributed by atoms with E-state index in [0.717, 1.165) is 17.1 Å². The average Bonchev–Trinajstić information content (AvgIpc) is 4.14. The van der Waals surface area contributed by atoms with Gasteiger partial charge in [-0.05, 0) is 157 Å². The molecule has 4 heterocycles. The summed E-state index contributed by atoms with van der Waals surface area (Å²) < 4.78 is 5.29. The van der Waals surface area contributed by atoms with Crippen LogP contribution < -0.4 is 30.4 Å². The minimum atomic E-state index is -0.0143. The number of fused-ring (bicyclic) bond motifs is 10. The molecule has 9 aromatic carbocycles. The van der Waals surface area contributed by atoms with Crippen LogP contribution in [0.4, 0.5) is 51.2 Å². The normalized spacial score (nSPS) is 13.7. The Balaban J connectivity index is 1.10. The van der Waals surface area contributed by atoms with E-state index in [1.54, 1.807) is 0 Å². The molecule has 2 aliphatic rings. The third kappa shape index (κ3) is 7.89. The van der Waals surface area contributed by atoms with Gasteiger partial charge in [-0.1, -0.05) is 174 Å². The van der Waals surface area contributed by atoms with Gasteiger partial charge in [-0.2, -0.15) is 0 Å². The quantitative estimate of drug-likeness (QED) is 0.159. The van der Waals surface area contributed by atoms with E-state index in [2.05, 4.69) is 280 Å². The van der Waals surface area contributed by atoms with Gasteiger partial charge in [-0.25, -0.2) is 0 Å². The lowest BCUT2D eigenvalue weighted by molar-refractivity contribution is 0.590. The van der Waals surface area contributed by atoms with Crippen LogP contribution in [0, 0.1) is 0 Å². The molecule has 0 aliphatic carbocycles. The molecule has 0 unspecified atom stereocenters. The van der Waals surface area contributed by atoms with Crippen molar-refractivity contribution in [3.05, 3.63) is 204 Å². The second-order valence-corrected chi connectivity index (χ2v) is 27.6. The van der Waals surface area contributed by atoms with Gasteiger partial charge < -0.3 is 14.7 Å². The Morgan fingerprint density at radius 1 is 0.382 bits per heavy atom. The zero-order valence-corrected chi connectivity index (χ0v) is 47.7. The molecule has 0 bridgehead atoms. The highest BCUT2D eigenvalue weighted by molar-refractivity contribution is 7.33. The molecule has 0 saturated heterocycles. The first-order valence-corrected chi connectivity index (χ1v) is 28.7. The van der Waals surface area contributed by atoms with E-state index < -0.39 is 0 Å². The number of nitrogens with zero attached hydrogens (tertiary/aromatic N) is 3. The van der Waals surface area contributed by atoms with E-state index in [1.807, 2.05) is 22.7 Å². The van der Waals surface area contributed by atoms with Crippen molar-refractivity contribution in [2.75, 3.05) is 14.7 Å². The third-order valence-electron chi connectivity index (χ3n) is 16.3. The SMILES string of the molecule is CC(C)(C)c1ccc(N(c2ccc(C(C)(C)C)cc2)c2ccc3c(c2)N(c2cccc4c2sc2cc5ccccc5cc24)c2cccc4c2B3c2sc3ccc(C(C)(C)C)cc3c2N4c2ccc(C(C)(C)C)cc2)cc1. The highest BCUT2D eigenvalue weighted by atomic mass is 32.1. The number of hydrogen-bond acceptors (Lipinski definition) is 5. The van der Waals surface area contributed by atoms with E-state index in [0.29, 0.717) is 0 Å². The van der Waals surface area contributed by atoms with Crippen molar-refractivity contribution in [2.24, 2.45) is 0 Å². The molecule has 2 aliphatic heterocycles. The number of thiophene rings is 2. The van der Waals surface area contributed by atoms with E-state index in [4.69, 9.17) is 0 Å². The number of rotatable bonds is 5. The fourth-order valence-electron chi connectivity index (χ4n) is 12.0. The highest BCUT2D eigenvalue weighted by Gasteiger charge is 2.46. The topological polar surface area (TPSA) is 9.72 Å². The van der Waals surface area contributed by atoms with Gasteiger partial charge in [-0.3, -0.25) is 0 Å². The molecular weight excluding hydrogens is 958 g/mol. The molecule has 13 rings (SSSR count). The lowest BCUT2D eigenvalue weighted by Crippen LogP contribution is -2.60. The van der Waals surface area contributed by atoms with Crippen LogP contribution in [-0.4, -0.2) is 6.71 Å². The summed E-state index contributed by atoms with van der Waals surface area (Å²) in [6.45, 7) is 27.7. The number of hydrogen-bond donors (Lipinski definition) is 0. The zero-order valence-electron chi connectivity index (χ0n) is 46.1. The van der Waals surface area contributed by atoms with Crippen molar-refractivity contribution in [1.29, 1.82) is 0 Å². The second kappa shape index (κ2) is 17.2. The summed E-state index contributed by atoms with van der Waals surface area (Å²) in [6.07, 6.45) is 0. The fourth-order valence-corrected chi connectivity index (χ4v) is 14.5. The highest BCUT2D eigenvalue weighted by Crippen LogP contribution is 2.52. The summed E-state index contributed by atoms with van der Waals surface area (Å²) in [4.78, 5) is 7.71. The standard InChI is InChI=1S/C70H66BN3S2/c1-67(2,3)45-23-30-49(31-24-45)72(50-32-25-46(26-33-50)68(4,5)6)52-36-37-56-60(42-52)74(59-22-15-19-53-54-39-43-17-13-14-18-44(43)40-62(54)75-65(53)59)58-21-16-20-57-63(58)71(56)66-64(55-41-48(70(10,11)12)29-38-61(55)76-66)73(57)51-34-27-47(28-35-51)69(7,8)9/h13-42H,1-12H3. The van der Waals surface area contributed by atoms with Gasteiger partial charge in [0, 0.05) is 70.1 Å². The summed E-state index contributed by atoms with van der Waals surface area (Å²) >= 11 is 3.89. The van der Waals surface area contributed by atoms with Gasteiger partial charge in [0.2, 0.25) is 0 Å². The van der Waals surface area contributed by atoms with E-state index in [-0.39, 0.29) is 28.4 Å². The molecule has 3 nitrogen and oxygen atoms in total. The lowest BCUT2D eigenvalue weighted by atomic mass is 9.36. The monoisotopic (exact) mass is 1020 g/mol. The van der Waals surface area contributed by atoms with Crippen LogP contribution in [0.15, 0.2) is 182 Å². The number of anilines is 9. The smallest absolute Gasteiger partial charge is 0.264 e. The van der Waals surface area contributed by atoms with Gasteiger partial charge in [0.25, 0.3) is 6.71 Å². The maximum atomic E-state index is 2.63. The Morgan fingerprint density at radius 2 is 0.908 bits per heavy atom. The molecule has 0 spiro atoms. The molecule has 0 amide bonds. The molecule has 0 atom stereocenters. The first-order chi connectivity index (χ1) is 36.2. The van der Waals surface area contributed by atoms with Crippen LogP contribution >= 0.6 is 22.7 Å². The zero-order chi connectivity index (χ0) is 52.8. The van der Waals surface area contributed by atoms with Crippen LogP contribution in [-0.2, 0) is 21.7 Å². The Kier molecular flexibility index (Phi) is 11.0. The Labute approximate surface area is 458 Å². The third-order valence-corrected chi connectivity index (χ3v) is 18.7. The van der Waals surface area contributed by atoms with Gasteiger partial charge >= 0.3 is 0 Å². The summed E-state index contributed by atoms with van der Waals surface area (Å²) in [5, 5.41) is 6.44. The molecule has 11 aromatic rings. The molecule has 6 heteroatoms. The van der Waals surface area contributed by atoms with Crippen molar-refractivity contribution in [3.63, 3.8) is 0 Å². The summed E-state index contributed by atoms with van der Waals surface area (Å²) in [7, 11) is 0. The molecule has 2 aromatic heterocycles. The maximum absolute atomic E-state index is 2.63. The van der Waals surface area contributed by atoms with Crippen molar-refractivity contribution in [2.45, 2.75) is 105 Å². The van der Waals surface area contributed by atoms with E-state index >= 15 is 0 Å². The first-order valence-electron chi connectivity index (χ1n) is 27.1. The fraction of sp³-hybridized carbons (Fsp3) is 0.229. The minimum Gasteiger partial charge on any atom is -0.310 e. The summed E-state index contributed by atoms with van der Waals surface area (Å²) in [6, 6.07) is 70.2. The average molecular weight is 1020 g/mol. The van der Waals surface area contributed by atoms with Crippen molar-refractivity contribution < 1.29 is 0 Å². The minimum absolute atomic E-state index is 0.0113. The Morgan fingerprint density at radius 3 is 1.51 bits per heavy atom. The largest absolute Gasteiger partial charge is 0.310 e. The van der Waals surface area contributed by atoms with Gasteiger partial charge in [0.05, 0.1) is 16.1 Å². The predicted molar refractivity (Wildman–Crippen MR) is 336 cm³/mol. The van der Waals surface area contributed by atoms with Crippen molar-refractivity contribution in [1.82, 2.24) is 0 Å². The molecule has 0 N–H and O–H groups in total. The molecule has 376 valence electrons. The van der Waals surface area contributed by atoms with Crippen molar-refractivity contribution >= 4 is 137 Å². The van der Waals surface area contributed by atoms with Crippen LogP contribution in [0.1, 0.15) is 105 Å². The molecular formula is C70H66BN3S2. The second-order valence-electron chi connectivity index (χ2n) is 25.5. The van der Waals surface area contributed by atoms with E-state index in [1.165, 1.54) is 113 Å². The molecule has 76 heavy (non-hydrogen) atoms.